The molecule has 2 aromatic heterocycles. The molecule has 0 atom stereocenters. The van der Waals surface area contributed by atoms with Gasteiger partial charge < -0.3 is 23.8 Å². The normalized spacial score (nSPS) is 14.5. The summed E-state index contributed by atoms with van der Waals surface area (Å²) in [6.45, 7) is 8.41. The van der Waals surface area contributed by atoms with Crippen LogP contribution in [-0.4, -0.2) is 70.6 Å². The van der Waals surface area contributed by atoms with Gasteiger partial charge in [-0.15, -0.1) is 0 Å². The van der Waals surface area contributed by atoms with Crippen molar-refractivity contribution >= 4 is 23.4 Å². The first-order chi connectivity index (χ1) is 17.7. The quantitative estimate of drug-likeness (QED) is 0.469. The molecule has 0 saturated carbocycles. The number of aromatic nitrogens is 3. The van der Waals surface area contributed by atoms with Gasteiger partial charge in [-0.3, -0.25) is 4.98 Å². The van der Waals surface area contributed by atoms with Crippen LogP contribution in [0, 0.1) is 0 Å². The zero-order valence-corrected chi connectivity index (χ0v) is 22.2. The summed E-state index contributed by atoms with van der Waals surface area (Å²) >= 11 is 0. The first-order valence-corrected chi connectivity index (χ1v) is 12.4. The molecule has 1 saturated heterocycles. The maximum absolute atomic E-state index is 13.6. The van der Waals surface area contributed by atoms with Crippen molar-refractivity contribution in [2.24, 2.45) is 0 Å². The highest BCUT2D eigenvalue weighted by Crippen LogP contribution is 2.37. The maximum atomic E-state index is 13.6. The summed E-state index contributed by atoms with van der Waals surface area (Å²) in [5, 5.41) is 0. The number of likely N-dealkylation sites (tertiary alicyclic amines) is 1. The number of hydrogen-bond donors (Lipinski definition) is 0. The van der Waals surface area contributed by atoms with E-state index in [4.69, 9.17) is 18.9 Å². The zero-order chi connectivity index (χ0) is 26.7. The zero-order valence-electron chi connectivity index (χ0n) is 22.2. The van der Waals surface area contributed by atoms with Crippen molar-refractivity contribution in [3.63, 3.8) is 0 Å². The summed E-state index contributed by atoms with van der Waals surface area (Å²) in [5.74, 6) is 1.13. The van der Waals surface area contributed by atoms with Gasteiger partial charge >= 0.3 is 12.2 Å². The Balaban J connectivity index is 1.63. The van der Waals surface area contributed by atoms with Crippen LogP contribution in [0.3, 0.4) is 0 Å². The van der Waals surface area contributed by atoms with E-state index >= 15 is 0 Å². The largest absolute Gasteiger partial charge is 0.493 e. The molecule has 1 aliphatic heterocycles. The van der Waals surface area contributed by atoms with Crippen molar-refractivity contribution in [3.05, 3.63) is 36.2 Å². The van der Waals surface area contributed by atoms with Crippen molar-refractivity contribution in [3.8, 4) is 22.8 Å². The molecule has 10 heteroatoms. The van der Waals surface area contributed by atoms with Gasteiger partial charge in [0.1, 0.15) is 17.2 Å². The highest BCUT2D eigenvalue weighted by atomic mass is 16.6. The molecule has 1 aromatic carbocycles. The lowest BCUT2D eigenvalue weighted by atomic mass is 10.0. The summed E-state index contributed by atoms with van der Waals surface area (Å²) in [7, 11) is 3.14. The third kappa shape index (κ3) is 5.47. The van der Waals surface area contributed by atoms with Crippen molar-refractivity contribution < 1.29 is 28.5 Å². The third-order valence-corrected chi connectivity index (χ3v) is 6.24. The van der Waals surface area contributed by atoms with E-state index in [0.29, 0.717) is 60.7 Å². The molecular weight excluding hydrogens is 476 g/mol. The van der Waals surface area contributed by atoms with Crippen LogP contribution < -0.4 is 9.47 Å². The number of hydrogen-bond acceptors (Lipinski definition) is 8. The summed E-state index contributed by atoms with van der Waals surface area (Å²) in [4.78, 5) is 36.7. The number of carbonyl (C=O) groups excluding carboxylic acids is 2. The summed E-state index contributed by atoms with van der Waals surface area (Å²) < 4.78 is 23.8. The van der Waals surface area contributed by atoms with Gasteiger partial charge in [-0.25, -0.2) is 19.1 Å². The third-order valence-electron chi connectivity index (χ3n) is 6.24. The van der Waals surface area contributed by atoms with E-state index in [0.717, 1.165) is 11.1 Å². The molecule has 0 unspecified atom stereocenters. The second-order valence-corrected chi connectivity index (χ2v) is 9.86. The molecule has 4 rings (SSSR count). The Morgan fingerprint density at radius 1 is 1.00 bits per heavy atom. The van der Waals surface area contributed by atoms with E-state index in [1.54, 1.807) is 37.6 Å². The number of piperidine rings is 1. The predicted molar refractivity (Wildman–Crippen MR) is 138 cm³/mol. The van der Waals surface area contributed by atoms with Crippen LogP contribution in [0.4, 0.5) is 9.59 Å². The number of methoxy groups -OCH3 is 2. The standard InChI is InChI=1S/C27H34N4O6/c1-7-19-22-24(29-13-12-28-22)31(23(19)17-8-9-20(34-5)21(16-17)35-6)26(33)36-18-10-14-30(15-11-18)25(32)37-27(2,3)4/h8-9,12-13,16,18H,7,10-11,14-15H2,1-6H3. The summed E-state index contributed by atoms with van der Waals surface area (Å²) in [5.41, 5.74) is 2.81. The molecule has 1 amide bonds. The average molecular weight is 511 g/mol. The molecule has 37 heavy (non-hydrogen) atoms. The van der Waals surface area contributed by atoms with Gasteiger partial charge in [-0.1, -0.05) is 6.92 Å². The second kappa shape index (κ2) is 10.7. The molecule has 3 aromatic rings. The van der Waals surface area contributed by atoms with Crippen molar-refractivity contribution in [2.45, 2.75) is 58.7 Å². The topological polar surface area (TPSA) is 105 Å². The molecule has 10 nitrogen and oxygen atoms in total. The molecule has 198 valence electrons. The fourth-order valence-electron chi connectivity index (χ4n) is 4.54. The molecule has 0 spiro atoms. The molecule has 0 aliphatic carbocycles. The van der Waals surface area contributed by atoms with Gasteiger partial charge in [0.15, 0.2) is 17.1 Å². The van der Waals surface area contributed by atoms with Crippen molar-refractivity contribution in [2.75, 3.05) is 27.3 Å². The molecule has 3 heterocycles. The minimum atomic E-state index is -0.561. The monoisotopic (exact) mass is 510 g/mol. The van der Waals surface area contributed by atoms with Gasteiger partial charge in [-0.05, 0) is 45.4 Å². The predicted octanol–water partition coefficient (Wildman–Crippen LogP) is 5.06. The Kier molecular flexibility index (Phi) is 7.56. The van der Waals surface area contributed by atoms with E-state index in [-0.39, 0.29) is 12.2 Å². The molecule has 1 fully saturated rings. The van der Waals surface area contributed by atoms with Crippen LogP contribution in [0.1, 0.15) is 46.1 Å². The van der Waals surface area contributed by atoms with E-state index in [2.05, 4.69) is 9.97 Å². The van der Waals surface area contributed by atoms with E-state index < -0.39 is 11.7 Å². The second-order valence-electron chi connectivity index (χ2n) is 9.86. The van der Waals surface area contributed by atoms with Crippen LogP contribution in [0.25, 0.3) is 22.4 Å². The maximum Gasteiger partial charge on any atom is 0.420 e. The number of nitrogens with zero attached hydrogens (tertiary/aromatic N) is 4. The van der Waals surface area contributed by atoms with Gasteiger partial charge in [-0.2, -0.15) is 0 Å². The molecular formula is C27H34N4O6. The number of rotatable bonds is 5. The lowest BCUT2D eigenvalue weighted by Gasteiger charge is -2.33. The number of aryl methyl sites for hydroxylation is 1. The Morgan fingerprint density at radius 3 is 2.30 bits per heavy atom. The molecule has 0 radical (unpaired) electrons. The highest BCUT2D eigenvalue weighted by Gasteiger charge is 2.31. The van der Waals surface area contributed by atoms with Crippen molar-refractivity contribution in [1.29, 1.82) is 0 Å². The summed E-state index contributed by atoms with van der Waals surface area (Å²) in [6.07, 6.45) is 3.60. The van der Waals surface area contributed by atoms with Crippen LogP contribution in [0.5, 0.6) is 11.5 Å². The average Bonchev–Trinajstić information content (AvgIpc) is 3.22. The highest BCUT2D eigenvalue weighted by molar-refractivity contribution is 5.96. The molecule has 0 N–H and O–H groups in total. The van der Waals surface area contributed by atoms with E-state index in [1.165, 1.54) is 4.57 Å². The minimum absolute atomic E-state index is 0.344. The van der Waals surface area contributed by atoms with Crippen LogP contribution in [0.2, 0.25) is 0 Å². The Labute approximate surface area is 216 Å². The smallest absolute Gasteiger partial charge is 0.420 e. The van der Waals surface area contributed by atoms with Crippen LogP contribution in [0.15, 0.2) is 30.6 Å². The number of ether oxygens (including phenoxy) is 4. The van der Waals surface area contributed by atoms with Crippen molar-refractivity contribution in [1.82, 2.24) is 19.4 Å². The number of fused-ring (bicyclic) bond motifs is 1. The fourth-order valence-corrected chi connectivity index (χ4v) is 4.54. The Hall–Kier alpha value is -3.82. The van der Waals surface area contributed by atoms with Gasteiger partial charge in [0.25, 0.3) is 0 Å². The number of carbonyl (C=O) groups is 2. The van der Waals surface area contributed by atoms with Gasteiger partial charge in [0.05, 0.1) is 19.9 Å². The Bertz CT molecular complexity index is 1290. The first-order valence-electron chi connectivity index (χ1n) is 12.4. The van der Waals surface area contributed by atoms with E-state index in [1.807, 2.05) is 39.8 Å². The van der Waals surface area contributed by atoms with Gasteiger partial charge in [0, 0.05) is 49.5 Å². The summed E-state index contributed by atoms with van der Waals surface area (Å²) in [6, 6.07) is 5.50. The lowest BCUT2D eigenvalue weighted by molar-refractivity contribution is 0.00675. The SMILES string of the molecule is CCc1c(-c2ccc(OC)c(OC)c2)n(C(=O)OC2CCN(C(=O)OC(C)(C)C)CC2)c2nccnc12. The van der Waals surface area contributed by atoms with E-state index in [9.17, 15) is 9.59 Å². The minimum Gasteiger partial charge on any atom is -0.493 e. The van der Waals surface area contributed by atoms with Gasteiger partial charge in [0.2, 0.25) is 0 Å². The van der Waals surface area contributed by atoms with Crippen LogP contribution >= 0.6 is 0 Å². The number of benzene rings is 1. The molecule has 1 aliphatic rings. The van der Waals surface area contributed by atoms with Crippen LogP contribution in [-0.2, 0) is 15.9 Å². The molecule has 0 bridgehead atoms. The fraction of sp³-hybridized carbons (Fsp3) is 0.481. The number of amides is 1. The first kappa shape index (κ1) is 26.2. The Morgan fingerprint density at radius 2 is 1.68 bits per heavy atom. The lowest BCUT2D eigenvalue weighted by Crippen LogP contribution is -2.44.